The number of aryl methyl sites for hydroxylation is 1. The molecule has 0 spiro atoms. The van der Waals surface area contributed by atoms with Crippen LogP contribution in [0.4, 0.5) is 10.2 Å². The Morgan fingerprint density at radius 3 is 2.66 bits per heavy atom. The van der Waals surface area contributed by atoms with Crippen LogP contribution in [-0.4, -0.2) is 67.9 Å². The summed E-state index contributed by atoms with van der Waals surface area (Å²) in [7, 11) is 1.58. The summed E-state index contributed by atoms with van der Waals surface area (Å²) in [5, 5.41) is 31.2. The third-order valence-corrected chi connectivity index (χ3v) is 7.35. The van der Waals surface area contributed by atoms with Crippen molar-refractivity contribution in [3.8, 4) is 34.1 Å². The predicted molar refractivity (Wildman–Crippen MR) is 128 cm³/mol. The molecule has 2 aliphatic heterocycles. The standard InChI is InChI=1S/C25H28FN7O2/c1-13-22(35-2)11-19(30-29-13)14-3-7-17(21(34)9-14)25-27-12-23(31-32-25)33(16-5-6-16)20-10-15-4-8-18(28-15)24(20)26/h3,7,9,11-12,15-16,18,20,24,28,34H,4-6,8,10H2,1-2H3/t15-,18-,20+,24-/m0/s1. The van der Waals surface area contributed by atoms with Gasteiger partial charge in [0.2, 0.25) is 0 Å². The van der Waals surface area contributed by atoms with Crippen LogP contribution in [0.25, 0.3) is 22.6 Å². The summed E-state index contributed by atoms with van der Waals surface area (Å²) in [5.74, 6) is 1.54. The molecule has 6 rings (SSSR count). The summed E-state index contributed by atoms with van der Waals surface area (Å²) in [4.78, 5) is 6.60. The van der Waals surface area contributed by atoms with E-state index in [-0.39, 0.29) is 23.9 Å². The number of benzene rings is 1. The van der Waals surface area contributed by atoms with Gasteiger partial charge in [0.1, 0.15) is 23.4 Å². The van der Waals surface area contributed by atoms with E-state index >= 15 is 4.39 Å². The average molecular weight is 478 g/mol. The van der Waals surface area contributed by atoms with E-state index in [1.165, 1.54) is 0 Å². The van der Waals surface area contributed by atoms with Crippen LogP contribution < -0.4 is 15.0 Å². The Hall–Kier alpha value is -3.40. The monoisotopic (exact) mass is 477 g/mol. The lowest BCUT2D eigenvalue weighted by atomic mass is 9.96. The highest BCUT2D eigenvalue weighted by atomic mass is 19.1. The Labute approximate surface area is 202 Å². The molecule has 0 amide bonds. The van der Waals surface area contributed by atoms with Crippen molar-refractivity contribution < 1.29 is 14.2 Å². The first-order valence-corrected chi connectivity index (χ1v) is 12.1. The molecule has 3 aromatic rings. The van der Waals surface area contributed by atoms with Crippen molar-refractivity contribution in [1.82, 2.24) is 30.7 Å². The minimum Gasteiger partial charge on any atom is -0.507 e. The summed E-state index contributed by atoms with van der Waals surface area (Å²) in [6.07, 6.45) is 5.47. The lowest BCUT2D eigenvalue weighted by Gasteiger charge is -2.40. The van der Waals surface area contributed by atoms with Gasteiger partial charge >= 0.3 is 0 Å². The Kier molecular flexibility index (Phi) is 5.47. The van der Waals surface area contributed by atoms with E-state index in [1.54, 1.807) is 31.5 Å². The van der Waals surface area contributed by atoms with Crippen molar-refractivity contribution in [3.63, 3.8) is 0 Å². The number of phenols is 1. The first-order valence-electron chi connectivity index (χ1n) is 12.1. The van der Waals surface area contributed by atoms with Crippen LogP contribution in [0.15, 0.2) is 30.5 Å². The number of nitrogens with one attached hydrogen (secondary N) is 1. The Morgan fingerprint density at radius 2 is 1.94 bits per heavy atom. The van der Waals surface area contributed by atoms with Gasteiger partial charge in [-0.15, -0.1) is 15.3 Å². The van der Waals surface area contributed by atoms with Crippen molar-refractivity contribution >= 4 is 5.82 Å². The van der Waals surface area contributed by atoms with Crippen LogP contribution in [0.5, 0.6) is 11.5 Å². The first kappa shape index (κ1) is 22.1. The van der Waals surface area contributed by atoms with E-state index in [9.17, 15) is 5.11 Å². The zero-order valence-corrected chi connectivity index (χ0v) is 19.7. The molecular weight excluding hydrogens is 449 g/mol. The number of aromatic nitrogens is 5. The molecule has 2 bridgehead atoms. The number of hydrogen-bond donors (Lipinski definition) is 2. The maximum Gasteiger partial charge on any atom is 0.185 e. The Bertz CT molecular complexity index is 1240. The van der Waals surface area contributed by atoms with Crippen LogP contribution in [0.1, 0.15) is 37.8 Å². The van der Waals surface area contributed by atoms with E-state index < -0.39 is 6.17 Å². The molecule has 10 heteroatoms. The van der Waals surface area contributed by atoms with E-state index in [2.05, 4.69) is 35.6 Å². The number of anilines is 1. The van der Waals surface area contributed by atoms with Gasteiger partial charge in [-0.25, -0.2) is 9.37 Å². The van der Waals surface area contributed by atoms with E-state index in [4.69, 9.17) is 4.74 Å². The van der Waals surface area contributed by atoms with Gasteiger partial charge in [-0.3, -0.25) is 0 Å². The highest BCUT2D eigenvalue weighted by Crippen LogP contribution is 2.40. The van der Waals surface area contributed by atoms with Crippen LogP contribution in [-0.2, 0) is 0 Å². The second-order valence-electron chi connectivity index (χ2n) is 9.69. The molecule has 4 heterocycles. The number of piperidine rings is 1. The third kappa shape index (κ3) is 4.05. The predicted octanol–water partition coefficient (Wildman–Crippen LogP) is 3.22. The van der Waals surface area contributed by atoms with Gasteiger partial charge in [-0.1, -0.05) is 6.07 Å². The zero-order chi connectivity index (χ0) is 24.1. The molecule has 35 heavy (non-hydrogen) atoms. The number of fused-ring (bicyclic) bond motifs is 2. The summed E-state index contributed by atoms with van der Waals surface area (Å²) in [6.45, 7) is 1.82. The van der Waals surface area contributed by atoms with Crippen molar-refractivity contribution in [3.05, 3.63) is 36.2 Å². The largest absolute Gasteiger partial charge is 0.507 e. The molecule has 2 N–H and O–H groups in total. The Balaban J connectivity index is 1.26. The normalized spacial score (nSPS) is 25.5. The van der Waals surface area contributed by atoms with Gasteiger partial charge in [0.05, 0.1) is 30.6 Å². The van der Waals surface area contributed by atoms with Crippen LogP contribution in [0, 0.1) is 6.92 Å². The smallest absolute Gasteiger partial charge is 0.185 e. The molecule has 2 aromatic heterocycles. The third-order valence-electron chi connectivity index (χ3n) is 7.35. The summed E-state index contributed by atoms with van der Waals surface area (Å²) in [6, 6.07) is 7.31. The number of nitrogens with zero attached hydrogens (tertiary/aromatic N) is 6. The minimum absolute atomic E-state index is 0.0104. The molecule has 9 nitrogen and oxygen atoms in total. The van der Waals surface area contributed by atoms with E-state index in [0.717, 1.165) is 32.1 Å². The zero-order valence-electron chi connectivity index (χ0n) is 19.7. The number of ether oxygens (including phenoxy) is 1. The molecule has 3 fully saturated rings. The van der Waals surface area contributed by atoms with Gasteiger partial charge in [0, 0.05) is 29.8 Å². The molecule has 2 saturated heterocycles. The highest BCUT2D eigenvalue weighted by molar-refractivity contribution is 5.71. The number of rotatable bonds is 6. The molecule has 4 atom stereocenters. The van der Waals surface area contributed by atoms with Crippen molar-refractivity contribution in [2.24, 2.45) is 0 Å². The minimum atomic E-state index is -0.934. The number of hydrogen-bond acceptors (Lipinski definition) is 9. The van der Waals surface area contributed by atoms with E-state index in [0.29, 0.717) is 45.9 Å². The van der Waals surface area contributed by atoms with Crippen LogP contribution in [0.2, 0.25) is 0 Å². The average Bonchev–Trinajstić information content (AvgIpc) is 3.62. The molecule has 182 valence electrons. The number of halogens is 1. The quantitative estimate of drug-likeness (QED) is 0.553. The molecule has 1 saturated carbocycles. The number of alkyl halides is 1. The first-order chi connectivity index (χ1) is 17.0. The van der Waals surface area contributed by atoms with Gasteiger partial charge in [0.15, 0.2) is 11.6 Å². The Morgan fingerprint density at radius 1 is 1.09 bits per heavy atom. The molecule has 3 aliphatic rings. The fraction of sp³-hybridized carbons (Fsp3) is 0.480. The van der Waals surface area contributed by atoms with Crippen molar-refractivity contribution in [1.29, 1.82) is 0 Å². The fourth-order valence-electron chi connectivity index (χ4n) is 5.40. The van der Waals surface area contributed by atoms with Crippen molar-refractivity contribution in [2.75, 3.05) is 12.0 Å². The van der Waals surface area contributed by atoms with Crippen LogP contribution in [0.3, 0.4) is 0 Å². The van der Waals surface area contributed by atoms with Gasteiger partial charge < -0.3 is 20.1 Å². The fourth-order valence-corrected chi connectivity index (χ4v) is 5.40. The molecule has 1 aromatic carbocycles. The number of methoxy groups -OCH3 is 1. The summed E-state index contributed by atoms with van der Waals surface area (Å²) < 4.78 is 20.6. The highest BCUT2D eigenvalue weighted by Gasteiger charge is 2.48. The number of phenolic OH excluding ortho intramolecular Hbond substituents is 1. The molecular formula is C25H28FN7O2. The SMILES string of the molecule is COc1cc(-c2ccc(-c3ncc(N(C4CC4)[C@@H]4C[C@@H]5CC[C@H](N5)[C@@H]4F)nn3)c(O)c2)nnc1C. The second kappa shape index (κ2) is 8.67. The molecule has 0 radical (unpaired) electrons. The maximum atomic E-state index is 15.3. The molecule has 1 aliphatic carbocycles. The van der Waals surface area contributed by atoms with Crippen LogP contribution >= 0.6 is 0 Å². The second-order valence-corrected chi connectivity index (χ2v) is 9.69. The van der Waals surface area contributed by atoms with E-state index in [1.807, 2.05) is 13.0 Å². The summed E-state index contributed by atoms with van der Waals surface area (Å²) in [5.41, 5.74) is 2.42. The van der Waals surface area contributed by atoms with Gasteiger partial charge in [-0.2, -0.15) is 5.10 Å². The topological polar surface area (TPSA) is 109 Å². The summed E-state index contributed by atoms with van der Waals surface area (Å²) >= 11 is 0. The van der Waals surface area contributed by atoms with Gasteiger partial charge in [0.25, 0.3) is 0 Å². The lowest BCUT2D eigenvalue weighted by molar-refractivity contribution is 0.171. The maximum absolute atomic E-state index is 15.3. The number of aromatic hydroxyl groups is 1. The molecule has 0 unspecified atom stereocenters. The lowest BCUT2D eigenvalue weighted by Crippen LogP contribution is -2.57. The van der Waals surface area contributed by atoms with Gasteiger partial charge in [-0.05, 0) is 51.2 Å². The van der Waals surface area contributed by atoms with Crippen molar-refractivity contribution in [2.45, 2.75) is 69.4 Å².